The second-order valence-electron chi connectivity index (χ2n) is 17.8. The van der Waals surface area contributed by atoms with Gasteiger partial charge in [-0.15, -0.1) is 0 Å². The number of aromatic nitrogens is 9. The van der Waals surface area contributed by atoms with Gasteiger partial charge in [0.2, 0.25) is 15.8 Å². The van der Waals surface area contributed by atoms with E-state index in [0.29, 0.717) is 43.4 Å². The molecule has 0 aliphatic carbocycles. The van der Waals surface area contributed by atoms with Gasteiger partial charge < -0.3 is 19.5 Å². The second kappa shape index (κ2) is 31.5. The molecule has 6 aromatic heterocycles. The van der Waals surface area contributed by atoms with Gasteiger partial charge >= 0.3 is 29.6 Å². The molecule has 0 bridgehead atoms. The number of thioether (sulfide) groups is 3. The SMILES string of the molecule is CSc1nc(-c2ccnc(F)c2)c(-c2ccc(F)cc2)[nH]1.CSc1nc(-c2ccnc(S(=O)(=O)c3ccccc3)c2)c(-c2ccc(F)cc2)[nH]1.CSc1nc(-c2ccnc(Sc3ccccc3)c2)c(-c2ccc(F)cc2)[nH]1.O=S([O-])c1ccccc1.[Na+]. The molecule has 3 N–H and O–H groups in total. The fourth-order valence-electron chi connectivity index (χ4n) is 8.17. The van der Waals surface area contributed by atoms with Gasteiger partial charge in [0.1, 0.15) is 22.5 Å². The molecule has 1 atom stereocenters. The zero-order valence-corrected chi connectivity index (χ0v) is 53.5. The quantitative estimate of drug-likeness (QED) is 0.0305. The summed E-state index contributed by atoms with van der Waals surface area (Å²) in [4.78, 5) is 37.2. The first-order valence-electron chi connectivity index (χ1n) is 25.6. The topological polar surface area (TPSA) is 199 Å². The predicted octanol–water partition coefficient (Wildman–Crippen LogP) is 13.1. The van der Waals surface area contributed by atoms with Gasteiger partial charge in [-0.2, -0.15) is 4.39 Å². The van der Waals surface area contributed by atoms with Crippen molar-refractivity contribution in [3.63, 3.8) is 0 Å². The van der Waals surface area contributed by atoms with Crippen LogP contribution in [0.3, 0.4) is 0 Å². The van der Waals surface area contributed by atoms with Gasteiger partial charge in [-0.1, -0.05) is 102 Å². The molecule has 0 saturated heterocycles. The predicted molar refractivity (Wildman–Crippen MR) is 333 cm³/mol. The maximum atomic E-state index is 13.3. The third-order valence-corrected chi connectivity index (χ3v) is 17.3. The summed E-state index contributed by atoms with van der Waals surface area (Å²) in [5.41, 5.74) is 8.95. The van der Waals surface area contributed by atoms with Crippen LogP contribution < -0.4 is 29.6 Å². The Balaban J connectivity index is 0.000000158. The molecular formula is C63H48F4N9NaO4S6. The fourth-order valence-corrected chi connectivity index (χ4v) is 11.8. The normalized spacial score (nSPS) is 11.2. The molecule has 6 heterocycles. The Morgan fingerprint density at radius 2 is 0.828 bits per heavy atom. The van der Waals surface area contributed by atoms with E-state index in [4.69, 9.17) is 4.98 Å². The molecule has 12 rings (SSSR count). The van der Waals surface area contributed by atoms with Crippen LogP contribution in [0, 0.1) is 23.4 Å². The first kappa shape index (κ1) is 65.6. The summed E-state index contributed by atoms with van der Waals surface area (Å²) in [6.07, 6.45) is 10.4. The van der Waals surface area contributed by atoms with Crippen molar-refractivity contribution in [2.75, 3.05) is 18.8 Å². The van der Waals surface area contributed by atoms with Gasteiger partial charge in [0.15, 0.2) is 20.5 Å². The number of imidazole rings is 3. The van der Waals surface area contributed by atoms with Crippen molar-refractivity contribution in [2.45, 2.75) is 40.2 Å². The second-order valence-corrected chi connectivity index (χ2v) is 24.2. The van der Waals surface area contributed by atoms with Crippen molar-refractivity contribution in [1.82, 2.24) is 44.9 Å². The summed E-state index contributed by atoms with van der Waals surface area (Å²) >= 11 is 3.95. The number of sulfone groups is 1. The van der Waals surface area contributed by atoms with Gasteiger partial charge in [0, 0.05) is 67.8 Å². The molecule has 0 radical (unpaired) electrons. The number of halogens is 4. The van der Waals surface area contributed by atoms with Gasteiger partial charge in [0.25, 0.3) is 0 Å². The van der Waals surface area contributed by atoms with Crippen LogP contribution >= 0.6 is 47.0 Å². The Kier molecular flexibility index (Phi) is 23.7. The van der Waals surface area contributed by atoms with Gasteiger partial charge in [-0.25, -0.2) is 51.5 Å². The van der Waals surface area contributed by atoms with Crippen molar-refractivity contribution in [3.8, 4) is 67.5 Å². The summed E-state index contributed by atoms with van der Waals surface area (Å²) in [6.45, 7) is 0. The van der Waals surface area contributed by atoms with Crippen LogP contribution in [0.5, 0.6) is 0 Å². The molecule has 24 heteroatoms. The number of aromatic amines is 3. The Morgan fingerprint density at radius 3 is 1.23 bits per heavy atom. The number of H-pyrrole nitrogens is 3. The monoisotopic (exact) mass is 1290 g/mol. The Labute approximate surface area is 541 Å². The van der Waals surface area contributed by atoms with Crippen LogP contribution in [0.1, 0.15) is 0 Å². The van der Waals surface area contributed by atoms with Crippen molar-refractivity contribution in [1.29, 1.82) is 0 Å². The third kappa shape index (κ3) is 17.4. The summed E-state index contributed by atoms with van der Waals surface area (Å²) in [6, 6.07) is 55.3. The van der Waals surface area contributed by atoms with Crippen LogP contribution in [0.4, 0.5) is 17.6 Å². The van der Waals surface area contributed by atoms with E-state index in [1.807, 2.05) is 49.1 Å². The minimum absolute atomic E-state index is 0. The Hall–Kier alpha value is -7.42. The molecule has 0 saturated carbocycles. The standard InChI is InChI=1S/C21H16FN3O2S2.C21H16FN3S2.C15H11F2N3S.C6H6O2S.Na/c1-28-21-24-19(14-7-9-16(22)10-8-14)20(25-21)15-11-12-23-18(13-15)29(26,27)17-5-3-2-4-6-17;1-26-21-24-19(14-7-9-16(22)10-8-14)20(25-21)15-11-12-23-18(13-15)27-17-5-3-2-4-6-17;1-21-15-19-13(9-2-4-11(16)5-3-9)14(20-15)10-6-7-18-12(17)8-10;7-9(8)6-4-2-1-3-5-6;/h2-13H,1H3,(H,24,25);2-13H,1H3,(H,24,25);2-8H,1H3,(H,19,20);1-5H,(H,7,8);/q;;;;+1/p-1. The number of benzene rings is 6. The van der Waals surface area contributed by atoms with Crippen molar-refractivity contribution >= 4 is 68.0 Å². The summed E-state index contributed by atoms with van der Waals surface area (Å²) in [7, 11) is -3.76. The Bertz CT molecular complexity index is 4330. The number of hydrogen-bond donors (Lipinski definition) is 3. The molecular weight excluding hydrogens is 1240 g/mol. The fraction of sp³-hybridized carbons (Fsp3) is 0.0476. The van der Waals surface area contributed by atoms with Crippen molar-refractivity contribution in [3.05, 3.63) is 242 Å². The van der Waals surface area contributed by atoms with E-state index in [0.717, 1.165) is 54.4 Å². The molecule has 0 aliphatic heterocycles. The zero-order chi connectivity index (χ0) is 60.6. The van der Waals surface area contributed by atoms with Crippen LogP contribution in [-0.2, 0) is 20.9 Å². The Morgan fingerprint density at radius 1 is 0.448 bits per heavy atom. The summed E-state index contributed by atoms with van der Waals surface area (Å²) < 4.78 is 99.3. The third-order valence-electron chi connectivity index (χ3n) is 12.3. The number of nitrogens with one attached hydrogen (secondary N) is 3. The molecule has 1 unspecified atom stereocenters. The number of nitrogens with zero attached hydrogens (tertiary/aromatic N) is 6. The maximum Gasteiger partial charge on any atom is 1.00 e. The van der Waals surface area contributed by atoms with Crippen LogP contribution in [0.15, 0.2) is 259 Å². The smallest absolute Gasteiger partial charge is 0.768 e. The number of hydrogen-bond acceptors (Lipinski definition) is 14. The zero-order valence-electron chi connectivity index (χ0n) is 46.6. The molecule has 13 nitrogen and oxygen atoms in total. The molecule has 12 aromatic rings. The van der Waals surface area contributed by atoms with E-state index in [2.05, 4.69) is 52.0 Å². The van der Waals surface area contributed by atoms with Gasteiger partial charge in [-0.05, 0) is 169 Å². The maximum absolute atomic E-state index is 13.3. The minimum atomic E-state index is -3.76. The average Bonchev–Trinajstić information content (AvgIpc) is 3.48. The van der Waals surface area contributed by atoms with E-state index in [-0.39, 0.29) is 56.9 Å². The van der Waals surface area contributed by atoms with Crippen molar-refractivity contribution < 1.29 is 64.3 Å². The van der Waals surface area contributed by atoms with E-state index >= 15 is 0 Å². The molecule has 0 aliphatic rings. The first-order valence-corrected chi connectivity index (χ1v) is 32.7. The average molecular weight is 1290 g/mol. The molecule has 434 valence electrons. The number of pyridine rings is 3. The van der Waals surface area contributed by atoms with Crippen LogP contribution in [0.2, 0.25) is 0 Å². The molecule has 6 aromatic carbocycles. The summed E-state index contributed by atoms with van der Waals surface area (Å²) in [5, 5.41) is 3.04. The van der Waals surface area contributed by atoms with E-state index in [1.54, 1.807) is 127 Å². The number of rotatable bonds is 14. The van der Waals surface area contributed by atoms with E-state index in [9.17, 15) is 34.7 Å². The van der Waals surface area contributed by atoms with Gasteiger partial charge in [-0.3, -0.25) is 4.21 Å². The van der Waals surface area contributed by atoms with Gasteiger partial charge in [0.05, 0.1) is 39.1 Å². The minimum Gasteiger partial charge on any atom is -0.768 e. The molecule has 87 heavy (non-hydrogen) atoms. The van der Waals surface area contributed by atoms with E-state index < -0.39 is 26.9 Å². The van der Waals surface area contributed by atoms with Crippen molar-refractivity contribution in [2.24, 2.45) is 0 Å². The van der Waals surface area contributed by atoms with Crippen LogP contribution in [-0.4, -0.2) is 80.8 Å². The van der Waals surface area contributed by atoms with Crippen LogP contribution in [0.25, 0.3) is 67.5 Å². The first-order chi connectivity index (χ1) is 41.7. The molecule has 0 amide bonds. The molecule has 0 spiro atoms. The van der Waals surface area contributed by atoms with E-state index in [1.165, 1.54) is 96.6 Å². The largest absolute Gasteiger partial charge is 1.00 e. The summed E-state index contributed by atoms with van der Waals surface area (Å²) in [5.74, 6) is -1.46. The molecule has 0 fully saturated rings.